The second kappa shape index (κ2) is 7.24. The first kappa shape index (κ1) is 14.1. The molecule has 1 saturated carbocycles. The van der Waals surface area contributed by atoms with Gasteiger partial charge in [0.25, 0.3) is 0 Å². The molecule has 1 aliphatic heterocycles. The molecule has 1 aliphatic carbocycles. The normalized spacial score (nSPS) is 25.7. The SMILES string of the molecule is c1ccc(CC2CN(CC3CCCCC3)CCN2)cc1. The zero-order valence-corrected chi connectivity index (χ0v) is 12.6. The summed E-state index contributed by atoms with van der Waals surface area (Å²) < 4.78 is 0. The zero-order chi connectivity index (χ0) is 13.6. The molecule has 1 N–H and O–H groups in total. The Morgan fingerprint density at radius 3 is 2.65 bits per heavy atom. The molecule has 2 aliphatic rings. The van der Waals surface area contributed by atoms with Crippen LogP contribution in [0.15, 0.2) is 30.3 Å². The highest BCUT2D eigenvalue weighted by Crippen LogP contribution is 2.24. The molecule has 2 heteroatoms. The predicted octanol–water partition coefficient (Wildman–Crippen LogP) is 3.08. The average molecular weight is 272 g/mol. The van der Waals surface area contributed by atoms with Gasteiger partial charge in [-0.3, -0.25) is 0 Å². The summed E-state index contributed by atoms with van der Waals surface area (Å²) in [5, 5.41) is 3.69. The minimum absolute atomic E-state index is 0.634. The van der Waals surface area contributed by atoms with Crippen LogP contribution in [-0.2, 0) is 6.42 Å². The van der Waals surface area contributed by atoms with Crippen LogP contribution in [-0.4, -0.2) is 37.1 Å². The number of rotatable bonds is 4. The van der Waals surface area contributed by atoms with Gasteiger partial charge in [0.05, 0.1) is 0 Å². The van der Waals surface area contributed by atoms with Gasteiger partial charge in [-0.1, -0.05) is 49.6 Å². The molecule has 20 heavy (non-hydrogen) atoms. The number of hydrogen-bond acceptors (Lipinski definition) is 2. The van der Waals surface area contributed by atoms with Crippen molar-refractivity contribution in [2.45, 2.75) is 44.6 Å². The Bertz CT molecular complexity index is 384. The molecule has 0 amide bonds. The van der Waals surface area contributed by atoms with Gasteiger partial charge in [0.1, 0.15) is 0 Å². The van der Waals surface area contributed by atoms with E-state index in [1.54, 1.807) is 0 Å². The third kappa shape index (κ3) is 4.07. The van der Waals surface area contributed by atoms with Gasteiger partial charge in [0.15, 0.2) is 0 Å². The number of benzene rings is 1. The largest absolute Gasteiger partial charge is 0.311 e. The lowest BCUT2D eigenvalue weighted by Crippen LogP contribution is -2.52. The number of nitrogens with zero attached hydrogens (tertiary/aromatic N) is 1. The summed E-state index contributed by atoms with van der Waals surface area (Å²) in [4.78, 5) is 2.71. The lowest BCUT2D eigenvalue weighted by molar-refractivity contribution is 0.156. The summed E-state index contributed by atoms with van der Waals surface area (Å²) in [5.74, 6) is 0.972. The number of piperazine rings is 1. The van der Waals surface area contributed by atoms with Gasteiger partial charge in [-0.25, -0.2) is 0 Å². The Balaban J connectivity index is 1.48. The van der Waals surface area contributed by atoms with Crippen LogP contribution in [0.5, 0.6) is 0 Å². The van der Waals surface area contributed by atoms with E-state index in [1.807, 2.05) is 0 Å². The third-order valence-electron chi connectivity index (χ3n) is 4.91. The molecule has 1 unspecified atom stereocenters. The van der Waals surface area contributed by atoms with E-state index in [0.717, 1.165) is 12.5 Å². The summed E-state index contributed by atoms with van der Waals surface area (Å²) in [6, 6.07) is 11.5. The van der Waals surface area contributed by atoms with Gasteiger partial charge < -0.3 is 10.2 Å². The van der Waals surface area contributed by atoms with E-state index in [4.69, 9.17) is 0 Å². The van der Waals surface area contributed by atoms with Crippen molar-refractivity contribution in [3.8, 4) is 0 Å². The maximum absolute atomic E-state index is 3.69. The zero-order valence-electron chi connectivity index (χ0n) is 12.6. The van der Waals surface area contributed by atoms with Crippen LogP contribution in [0.25, 0.3) is 0 Å². The highest BCUT2D eigenvalue weighted by molar-refractivity contribution is 5.16. The molecule has 1 saturated heterocycles. The first-order valence-corrected chi connectivity index (χ1v) is 8.40. The maximum atomic E-state index is 3.69. The molecule has 2 fully saturated rings. The van der Waals surface area contributed by atoms with E-state index >= 15 is 0 Å². The monoisotopic (exact) mass is 272 g/mol. The summed E-state index contributed by atoms with van der Waals surface area (Å²) in [7, 11) is 0. The van der Waals surface area contributed by atoms with Gasteiger partial charge >= 0.3 is 0 Å². The van der Waals surface area contributed by atoms with Crippen LogP contribution >= 0.6 is 0 Å². The lowest BCUT2D eigenvalue weighted by atomic mass is 9.88. The first-order chi connectivity index (χ1) is 9.90. The van der Waals surface area contributed by atoms with Crippen molar-refractivity contribution in [3.63, 3.8) is 0 Å². The fraction of sp³-hybridized carbons (Fsp3) is 0.667. The Kier molecular flexibility index (Phi) is 5.10. The van der Waals surface area contributed by atoms with Crippen LogP contribution in [0.4, 0.5) is 0 Å². The van der Waals surface area contributed by atoms with Gasteiger partial charge in [-0.05, 0) is 30.7 Å². The van der Waals surface area contributed by atoms with Crippen LogP contribution in [0, 0.1) is 5.92 Å². The third-order valence-corrected chi connectivity index (χ3v) is 4.91. The quantitative estimate of drug-likeness (QED) is 0.906. The predicted molar refractivity (Wildman–Crippen MR) is 85.0 cm³/mol. The lowest BCUT2D eigenvalue weighted by Gasteiger charge is -2.36. The van der Waals surface area contributed by atoms with E-state index in [9.17, 15) is 0 Å². The number of hydrogen-bond donors (Lipinski definition) is 1. The molecular formula is C18H28N2. The van der Waals surface area contributed by atoms with Crippen LogP contribution in [0.3, 0.4) is 0 Å². The Hall–Kier alpha value is -0.860. The Morgan fingerprint density at radius 2 is 1.85 bits per heavy atom. The second-order valence-electron chi connectivity index (χ2n) is 6.60. The van der Waals surface area contributed by atoms with Gasteiger partial charge in [0, 0.05) is 32.2 Å². The van der Waals surface area contributed by atoms with Crippen molar-refractivity contribution < 1.29 is 0 Å². The number of nitrogens with one attached hydrogen (secondary N) is 1. The van der Waals surface area contributed by atoms with Crippen molar-refractivity contribution in [3.05, 3.63) is 35.9 Å². The molecule has 110 valence electrons. The van der Waals surface area contributed by atoms with Gasteiger partial charge in [-0.2, -0.15) is 0 Å². The average Bonchev–Trinajstić information content (AvgIpc) is 2.50. The molecule has 0 radical (unpaired) electrons. The molecule has 1 atom stereocenters. The molecule has 1 aromatic carbocycles. The molecule has 0 aromatic heterocycles. The second-order valence-corrected chi connectivity index (χ2v) is 6.60. The molecule has 1 aromatic rings. The highest BCUT2D eigenvalue weighted by atomic mass is 15.2. The summed E-state index contributed by atoms with van der Waals surface area (Å²) in [6.45, 7) is 4.96. The maximum Gasteiger partial charge on any atom is 0.0235 e. The molecular weight excluding hydrogens is 244 g/mol. The van der Waals surface area contributed by atoms with Crippen molar-refractivity contribution >= 4 is 0 Å². The molecule has 2 nitrogen and oxygen atoms in total. The van der Waals surface area contributed by atoms with E-state index in [-0.39, 0.29) is 0 Å². The van der Waals surface area contributed by atoms with Gasteiger partial charge in [0.2, 0.25) is 0 Å². The van der Waals surface area contributed by atoms with E-state index in [2.05, 4.69) is 40.5 Å². The highest BCUT2D eigenvalue weighted by Gasteiger charge is 2.23. The fourth-order valence-corrected chi connectivity index (χ4v) is 3.83. The minimum atomic E-state index is 0.634. The van der Waals surface area contributed by atoms with E-state index in [0.29, 0.717) is 6.04 Å². The van der Waals surface area contributed by atoms with Crippen molar-refractivity contribution in [2.75, 3.05) is 26.2 Å². The molecule has 1 heterocycles. The smallest absolute Gasteiger partial charge is 0.0235 e. The molecule has 0 bridgehead atoms. The fourth-order valence-electron chi connectivity index (χ4n) is 3.83. The van der Waals surface area contributed by atoms with E-state index in [1.165, 1.54) is 63.7 Å². The topological polar surface area (TPSA) is 15.3 Å². The molecule has 3 rings (SSSR count). The van der Waals surface area contributed by atoms with Crippen molar-refractivity contribution in [1.29, 1.82) is 0 Å². The Labute approximate surface area is 123 Å². The summed E-state index contributed by atoms with van der Waals surface area (Å²) >= 11 is 0. The molecule has 0 spiro atoms. The van der Waals surface area contributed by atoms with Crippen molar-refractivity contribution in [1.82, 2.24) is 10.2 Å². The van der Waals surface area contributed by atoms with Crippen LogP contribution in [0.1, 0.15) is 37.7 Å². The van der Waals surface area contributed by atoms with Gasteiger partial charge in [-0.15, -0.1) is 0 Å². The minimum Gasteiger partial charge on any atom is -0.311 e. The Morgan fingerprint density at radius 1 is 1.05 bits per heavy atom. The van der Waals surface area contributed by atoms with E-state index < -0.39 is 0 Å². The van der Waals surface area contributed by atoms with Crippen molar-refractivity contribution in [2.24, 2.45) is 5.92 Å². The summed E-state index contributed by atoms with van der Waals surface area (Å²) in [5.41, 5.74) is 1.46. The van der Waals surface area contributed by atoms with Crippen LogP contribution < -0.4 is 5.32 Å². The summed E-state index contributed by atoms with van der Waals surface area (Å²) in [6.07, 6.45) is 8.49. The standard InChI is InChI=1S/C18H28N2/c1-3-7-16(8-4-1)13-18-15-20(12-11-19-18)14-17-9-5-2-6-10-17/h1,3-4,7-8,17-19H,2,5-6,9-15H2. The van der Waals surface area contributed by atoms with Crippen LogP contribution in [0.2, 0.25) is 0 Å². The first-order valence-electron chi connectivity index (χ1n) is 8.40.